The molecule has 0 bridgehead atoms. The van der Waals surface area contributed by atoms with E-state index in [-0.39, 0.29) is 24.3 Å². The van der Waals surface area contributed by atoms with Gasteiger partial charge in [-0.15, -0.1) is 0 Å². The normalized spacial score (nSPS) is 13.2. The summed E-state index contributed by atoms with van der Waals surface area (Å²) in [4.78, 5) is 43.2. The highest BCUT2D eigenvalue weighted by atomic mass is 16.2. The van der Waals surface area contributed by atoms with Crippen LogP contribution in [0.2, 0.25) is 0 Å². The Bertz CT molecular complexity index is 1200. The summed E-state index contributed by atoms with van der Waals surface area (Å²) in [5.41, 5.74) is 2.46. The van der Waals surface area contributed by atoms with Crippen molar-refractivity contribution in [1.82, 2.24) is 10.2 Å². The van der Waals surface area contributed by atoms with Gasteiger partial charge >= 0.3 is 0 Å². The lowest BCUT2D eigenvalue weighted by atomic mass is 10.1. The van der Waals surface area contributed by atoms with Gasteiger partial charge < -0.3 is 10.2 Å². The summed E-state index contributed by atoms with van der Waals surface area (Å²) in [6, 6.07) is 20.8. The lowest BCUT2D eigenvalue weighted by Gasteiger charge is -2.32. The van der Waals surface area contributed by atoms with Crippen LogP contribution in [0.5, 0.6) is 0 Å². The summed E-state index contributed by atoms with van der Waals surface area (Å²) >= 11 is 0. The Kier molecular flexibility index (Phi) is 7.80. The predicted octanol–water partition coefficient (Wildman–Crippen LogP) is 4.57. The van der Waals surface area contributed by atoms with Crippen LogP contribution in [-0.2, 0) is 16.0 Å². The highest BCUT2D eigenvalue weighted by molar-refractivity contribution is 6.26. The minimum absolute atomic E-state index is 0.0971. The molecule has 3 aromatic rings. The first kappa shape index (κ1) is 24.5. The molecule has 1 heterocycles. The lowest BCUT2D eigenvalue weighted by Crippen LogP contribution is -2.53. The van der Waals surface area contributed by atoms with E-state index in [2.05, 4.69) is 12.2 Å². The van der Waals surface area contributed by atoms with Crippen LogP contribution in [0.1, 0.15) is 49.0 Å². The second-order valence-electron chi connectivity index (χ2n) is 8.96. The number of anilines is 1. The van der Waals surface area contributed by atoms with Crippen LogP contribution >= 0.6 is 0 Å². The van der Waals surface area contributed by atoms with Gasteiger partial charge in [0, 0.05) is 24.0 Å². The van der Waals surface area contributed by atoms with Crippen LogP contribution in [0, 0.1) is 0 Å². The summed E-state index contributed by atoms with van der Waals surface area (Å²) in [6.45, 7) is 4.89. The molecule has 0 saturated carbocycles. The summed E-state index contributed by atoms with van der Waals surface area (Å²) in [6.07, 6.45) is 3.01. The zero-order valence-electron chi connectivity index (χ0n) is 20.5. The number of amides is 3. The molecular formula is C29H33N3O3. The van der Waals surface area contributed by atoms with Crippen LogP contribution in [0.3, 0.4) is 0 Å². The average molecular weight is 472 g/mol. The molecule has 35 heavy (non-hydrogen) atoms. The van der Waals surface area contributed by atoms with E-state index in [1.165, 1.54) is 0 Å². The highest BCUT2D eigenvalue weighted by Gasteiger charge is 2.34. The average Bonchev–Trinajstić information content (AvgIpc) is 3.15. The van der Waals surface area contributed by atoms with Crippen LogP contribution in [0.15, 0.2) is 66.7 Å². The SMILES string of the molecule is CCCCNC(=O)[C@@H](CC)N(CCc1ccccc1)C(=O)CN1C(=O)c2cccc3cccc1c23. The maximum Gasteiger partial charge on any atom is 0.259 e. The van der Waals surface area contributed by atoms with E-state index in [4.69, 9.17) is 0 Å². The van der Waals surface area contributed by atoms with Gasteiger partial charge in [-0.1, -0.05) is 74.9 Å². The largest absolute Gasteiger partial charge is 0.354 e. The van der Waals surface area contributed by atoms with Gasteiger partial charge in [-0.25, -0.2) is 0 Å². The van der Waals surface area contributed by atoms with Gasteiger partial charge in [0.25, 0.3) is 5.91 Å². The summed E-state index contributed by atoms with van der Waals surface area (Å²) in [5.74, 6) is -0.536. The Morgan fingerprint density at radius 3 is 2.43 bits per heavy atom. The standard InChI is InChI=1S/C29H33N3O3/c1-3-5-18-30-28(34)24(4-2)31(19-17-21-11-7-6-8-12-21)26(33)20-32-25-16-10-14-22-13-9-15-23(27(22)25)29(32)35/h6-16,24H,3-5,17-20H2,1-2H3,(H,30,34)/t24-/m1/s1. The van der Waals surface area contributed by atoms with E-state index in [0.717, 1.165) is 34.9 Å². The van der Waals surface area contributed by atoms with E-state index in [9.17, 15) is 14.4 Å². The van der Waals surface area contributed by atoms with E-state index in [0.29, 0.717) is 31.5 Å². The number of nitrogens with one attached hydrogen (secondary N) is 1. The molecule has 1 atom stereocenters. The molecule has 3 amide bonds. The molecule has 0 saturated heterocycles. The highest BCUT2D eigenvalue weighted by Crippen LogP contribution is 2.37. The van der Waals surface area contributed by atoms with Gasteiger partial charge in [-0.2, -0.15) is 0 Å². The third-order valence-corrected chi connectivity index (χ3v) is 6.64. The molecular weight excluding hydrogens is 438 g/mol. The number of unbranched alkanes of at least 4 members (excludes halogenated alkanes) is 1. The number of carbonyl (C=O) groups is 3. The molecule has 0 spiro atoms. The van der Waals surface area contributed by atoms with Crippen LogP contribution in [0.25, 0.3) is 10.8 Å². The van der Waals surface area contributed by atoms with Crippen molar-refractivity contribution >= 4 is 34.2 Å². The van der Waals surface area contributed by atoms with E-state index >= 15 is 0 Å². The first-order valence-electron chi connectivity index (χ1n) is 12.5. The number of rotatable bonds is 11. The number of benzene rings is 3. The number of hydrogen-bond acceptors (Lipinski definition) is 3. The zero-order chi connectivity index (χ0) is 24.8. The minimum Gasteiger partial charge on any atom is -0.354 e. The van der Waals surface area contributed by atoms with E-state index in [1.54, 1.807) is 9.80 Å². The first-order chi connectivity index (χ1) is 17.0. The van der Waals surface area contributed by atoms with Gasteiger partial charge in [0.15, 0.2) is 0 Å². The molecule has 3 aromatic carbocycles. The van der Waals surface area contributed by atoms with Crippen LogP contribution in [-0.4, -0.2) is 48.3 Å². The lowest BCUT2D eigenvalue weighted by molar-refractivity contribution is -0.139. The van der Waals surface area contributed by atoms with Crippen molar-refractivity contribution in [2.24, 2.45) is 0 Å². The molecule has 6 heteroatoms. The van der Waals surface area contributed by atoms with Crippen molar-refractivity contribution in [3.05, 3.63) is 77.9 Å². The molecule has 1 aliphatic heterocycles. The smallest absolute Gasteiger partial charge is 0.259 e. The zero-order valence-corrected chi connectivity index (χ0v) is 20.5. The number of carbonyl (C=O) groups excluding carboxylic acids is 3. The fourth-order valence-electron chi connectivity index (χ4n) is 4.76. The second-order valence-corrected chi connectivity index (χ2v) is 8.96. The van der Waals surface area contributed by atoms with Gasteiger partial charge in [-0.05, 0) is 42.3 Å². The Morgan fingerprint density at radius 1 is 0.971 bits per heavy atom. The molecule has 1 N–H and O–H groups in total. The fourth-order valence-corrected chi connectivity index (χ4v) is 4.76. The summed E-state index contributed by atoms with van der Waals surface area (Å²) < 4.78 is 0. The second kappa shape index (κ2) is 11.2. The van der Waals surface area contributed by atoms with Crippen molar-refractivity contribution in [2.45, 2.75) is 45.6 Å². The predicted molar refractivity (Wildman–Crippen MR) is 139 cm³/mol. The number of nitrogens with zero attached hydrogens (tertiary/aromatic N) is 2. The van der Waals surface area contributed by atoms with Gasteiger partial charge in [0.1, 0.15) is 12.6 Å². The van der Waals surface area contributed by atoms with Crippen molar-refractivity contribution in [3.8, 4) is 0 Å². The Hall–Kier alpha value is -3.67. The molecule has 1 aliphatic rings. The Balaban J connectivity index is 1.57. The van der Waals surface area contributed by atoms with Gasteiger partial charge in [0.05, 0.1) is 5.69 Å². The van der Waals surface area contributed by atoms with Crippen molar-refractivity contribution < 1.29 is 14.4 Å². The van der Waals surface area contributed by atoms with Crippen molar-refractivity contribution in [1.29, 1.82) is 0 Å². The fraction of sp³-hybridized carbons (Fsp3) is 0.345. The Labute approximate surface area is 206 Å². The maximum absolute atomic E-state index is 13.7. The van der Waals surface area contributed by atoms with Crippen molar-refractivity contribution in [2.75, 3.05) is 24.5 Å². The van der Waals surface area contributed by atoms with Gasteiger partial charge in [-0.3, -0.25) is 19.3 Å². The summed E-state index contributed by atoms with van der Waals surface area (Å²) in [5, 5.41) is 4.85. The molecule has 0 aromatic heterocycles. The quantitative estimate of drug-likeness (QED) is 0.417. The molecule has 6 nitrogen and oxygen atoms in total. The maximum atomic E-state index is 13.7. The molecule has 4 rings (SSSR count). The van der Waals surface area contributed by atoms with Gasteiger partial charge in [0.2, 0.25) is 11.8 Å². The van der Waals surface area contributed by atoms with Crippen molar-refractivity contribution in [3.63, 3.8) is 0 Å². The molecule has 0 unspecified atom stereocenters. The minimum atomic E-state index is -0.584. The molecule has 0 fully saturated rings. The molecule has 0 aliphatic carbocycles. The Morgan fingerprint density at radius 2 is 1.71 bits per heavy atom. The monoisotopic (exact) mass is 471 g/mol. The topological polar surface area (TPSA) is 69.7 Å². The van der Waals surface area contributed by atoms with E-state index < -0.39 is 6.04 Å². The first-order valence-corrected chi connectivity index (χ1v) is 12.5. The van der Waals surface area contributed by atoms with Crippen LogP contribution in [0.4, 0.5) is 5.69 Å². The third kappa shape index (κ3) is 5.21. The van der Waals surface area contributed by atoms with E-state index in [1.807, 2.05) is 73.7 Å². The molecule has 0 radical (unpaired) electrons. The third-order valence-electron chi connectivity index (χ3n) is 6.64. The van der Waals surface area contributed by atoms with Crippen LogP contribution < -0.4 is 10.2 Å². The summed E-state index contributed by atoms with van der Waals surface area (Å²) in [7, 11) is 0. The number of hydrogen-bond donors (Lipinski definition) is 1. The molecule has 182 valence electrons.